The summed E-state index contributed by atoms with van der Waals surface area (Å²) in [7, 11) is 8.32. The van der Waals surface area contributed by atoms with Crippen LogP contribution in [0.1, 0.15) is 51.4 Å². The molecular formula is C63H63ClF4N8O7. The van der Waals surface area contributed by atoms with Gasteiger partial charge in [0.1, 0.15) is 59.2 Å². The quantitative estimate of drug-likeness (QED) is 0.0671. The van der Waals surface area contributed by atoms with Crippen molar-refractivity contribution < 1.29 is 50.7 Å². The Hall–Kier alpha value is -8.13. The lowest BCUT2D eigenvalue weighted by Crippen LogP contribution is -2.63. The molecule has 6 heterocycles. The normalized spacial score (nSPS) is 16.3. The molecule has 0 spiro atoms. The number of fused-ring (bicyclic) bond motifs is 1. The van der Waals surface area contributed by atoms with Crippen molar-refractivity contribution in [3.8, 4) is 46.0 Å². The Kier molecular flexibility index (Phi) is 16.7. The Bertz CT molecular complexity index is 3540. The minimum absolute atomic E-state index is 0.00648. The number of halogens is 5. The van der Waals surface area contributed by atoms with Crippen LogP contribution in [0.3, 0.4) is 0 Å². The van der Waals surface area contributed by atoms with Crippen molar-refractivity contribution in [2.24, 2.45) is 0 Å². The first-order chi connectivity index (χ1) is 40.2. The van der Waals surface area contributed by atoms with E-state index >= 15 is 17.6 Å². The minimum atomic E-state index is -5.03. The largest absolute Gasteiger partial charge is 0.497 e. The molecule has 2 fully saturated rings. The monoisotopic (exact) mass is 1150 g/mol. The number of hydrogen-bond acceptors (Lipinski definition) is 15. The molecule has 3 aliphatic rings. The third-order valence-corrected chi connectivity index (χ3v) is 16.0. The minimum Gasteiger partial charge on any atom is -0.497 e. The predicted octanol–water partition coefficient (Wildman–Crippen LogP) is 12.1. The van der Waals surface area contributed by atoms with Gasteiger partial charge in [-0.2, -0.15) is 23.1 Å². The van der Waals surface area contributed by atoms with Gasteiger partial charge in [0, 0.05) is 57.1 Å². The Labute approximate surface area is 484 Å². The summed E-state index contributed by atoms with van der Waals surface area (Å²) in [6.45, 7) is 4.36. The summed E-state index contributed by atoms with van der Waals surface area (Å²) in [6, 6.07) is 34.9. The number of pyridine rings is 2. The predicted molar refractivity (Wildman–Crippen MR) is 310 cm³/mol. The maximum absolute atomic E-state index is 18.7. The van der Waals surface area contributed by atoms with E-state index in [2.05, 4.69) is 9.80 Å². The smallest absolute Gasteiger partial charge is 0.418 e. The fourth-order valence-electron chi connectivity index (χ4n) is 11.4. The number of anilines is 3. The van der Waals surface area contributed by atoms with Crippen molar-refractivity contribution in [3.63, 3.8) is 0 Å². The van der Waals surface area contributed by atoms with Crippen LogP contribution in [0.15, 0.2) is 121 Å². The number of rotatable bonds is 20. The van der Waals surface area contributed by atoms with Crippen molar-refractivity contribution in [3.05, 3.63) is 171 Å². The highest BCUT2D eigenvalue weighted by Crippen LogP contribution is 2.52. The highest BCUT2D eigenvalue weighted by Gasteiger charge is 2.43. The van der Waals surface area contributed by atoms with E-state index in [0.29, 0.717) is 55.8 Å². The maximum atomic E-state index is 18.7. The summed E-state index contributed by atoms with van der Waals surface area (Å²) in [4.78, 5) is 27.9. The number of aryl methyl sites for hydroxylation is 1. The van der Waals surface area contributed by atoms with Gasteiger partial charge in [0.25, 0.3) is 0 Å². The summed E-state index contributed by atoms with van der Waals surface area (Å²) < 4.78 is 107. The summed E-state index contributed by atoms with van der Waals surface area (Å²) in [5, 5.41) is -0.376. The van der Waals surface area contributed by atoms with Crippen LogP contribution in [0.2, 0.25) is 5.02 Å². The molecule has 0 radical (unpaired) electrons. The molecular weight excluding hydrogens is 1090 g/mol. The van der Waals surface area contributed by atoms with Gasteiger partial charge in [-0.15, -0.1) is 0 Å². The van der Waals surface area contributed by atoms with Crippen molar-refractivity contribution in [1.29, 1.82) is 0 Å². The molecule has 432 valence electrons. The molecule has 0 aliphatic carbocycles. The van der Waals surface area contributed by atoms with Gasteiger partial charge in [-0.3, -0.25) is 4.90 Å². The van der Waals surface area contributed by atoms with Crippen molar-refractivity contribution in [2.75, 3.05) is 89.7 Å². The van der Waals surface area contributed by atoms with E-state index in [4.69, 9.17) is 64.7 Å². The molecule has 0 amide bonds. The van der Waals surface area contributed by atoms with Gasteiger partial charge >= 0.3 is 12.2 Å². The molecule has 5 aromatic carbocycles. The van der Waals surface area contributed by atoms with Crippen molar-refractivity contribution in [2.45, 2.75) is 63.7 Å². The van der Waals surface area contributed by atoms with E-state index in [-0.39, 0.29) is 84.8 Å². The number of ether oxygens (including phenoxy) is 7. The molecule has 11 rings (SSSR count). The number of methoxy groups -OCH3 is 4. The average molecular weight is 1160 g/mol. The fraction of sp³-hybridized carbons (Fsp3) is 0.333. The van der Waals surface area contributed by atoms with Crippen LogP contribution in [-0.4, -0.2) is 112 Å². The van der Waals surface area contributed by atoms with Crippen LogP contribution in [0.25, 0.3) is 22.2 Å². The molecule has 2 saturated heterocycles. The molecule has 83 heavy (non-hydrogen) atoms. The van der Waals surface area contributed by atoms with Gasteiger partial charge in [0.2, 0.25) is 0 Å². The van der Waals surface area contributed by atoms with E-state index in [1.54, 1.807) is 58.9 Å². The molecule has 3 aliphatic heterocycles. The highest BCUT2D eigenvalue weighted by molar-refractivity contribution is 6.36. The van der Waals surface area contributed by atoms with Crippen LogP contribution in [0, 0.1) is 12.7 Å². The topological polar surface area (TPSA) is 129 Å². The van der Waals surface area contributed by atoms with Gasteiger partial charge in [-0.1, -0.05) is 66.2 Å². The summed E-state index contributed by atoms with van der Waals surface area (Å²) in [6.07, 6.45) is -2.12. The standard InChI is InChI=1S/C63H63ClF4N8O7/c1-38-30-51(74(34-41-13-21-47(79-5)22-14-41)35-42-15-23-48(80-6)24-16-42)70-57(54(38)63(66,67)68)52-55(64)59-53-58(56(52)65)71-62(83-37-44-32-43-36-81-28-26-75(43)44)72-61(53)76(27-29-82-59)50(31-39-9-17-45(77-3)18-10-39)49-8-7-25-69-60(49)73(2)33-40-11-19-46(78-4)20-12-40/h7-25,30,43-44,50H,26-29,31-37H2,1-6H3/t43-,44-,50+/m0/s1. The van der Waals surface area contributed by atoms with Crippen molar-refractivity contribution >= 4 is 40.0 Å². The zero-order chi connectivity index (χ0) is 57.9. The first kappa shape index (κ1) is 56.7. The third kappa shape index (κ3) is 11.9. The number of aromatic nitrogens is 4. The Morgan fingerprint density at radius 1 is 0.747 bits per heavy atom. The maximum Gasteiger partial charge on any atom is 0.418 e. The lowest BCUT2D eigenvalue weighted by molar-refractivity contribution is -0.137. The second-order valence-electron chi connectivity index (χ2n) is 20.9. The third-order valence-electron chi connectivity index (χ3n) is 15.7. The van der Waals surface area contributed by atoms with Crippen LogP contribution < -0.4 is 43.1 Å². The Balaban J connectivity index is 1.09. The molecule has 20 heteroatoms. The van der Waals surface area contributed by atoms with Gasteiger partial charge < -0.3 is 47.9 Å². The van der Waals surface area contributed by atoms with Gasteiger partial charge in [0.05, 0.1) is 81.5 Å². The second-order valence-corrected chi connectivity index (χ2v) is 21.2. The molecule has 3 atom stereocenters. The molecule has 0 unspecified atom stereocenters. The molecule has 8 aromatic rings. The van der Waals surface area contributed by atoms with Gasteiger partial charge in [0.15, 0.2) is 11.6 Å². The molecule has 0 saturated carbocycles. The highest BCUT2D eigenvalue weighted by atomic mass is 35.5. The Morgan fingerprint density at radius 3 is 1.92 bits per heavy atom. The molecule has 0 bridgehead atoms. The summed E-state index contributed by atoms with van der Waals surface area (Å²) in [5.74, 6) is 2.39. The van der Waals surface area contributed by atoms with Crippen LogP contribution in [0.4, 0.5) is 35.0 Å². The van der Waals surface area contributed by atoms with Gasteiger partial charge in [-0.05, 0) is 108 Å². The van der Waals surface area contributed by atoms with Crippen LogP contribution >= 0.6 is 11.6 Å². The van der Waals surface area contributed by atoms with E-state index in [0.717, 1.165) is 40.0 Å². The van der Waals surface area contributed by atoms with E-state index < -0.39 is 39.9 Å². The number of alkyl halides is 3. The first-order valence-corrected chi connectivity index (χ1v) is 27.7. The van der Waals surface area contributed by atoms with Crippen LogP contribution in [0.5, 0.6) is 34.8 Å². The lowest BCUT2D eigenvalue weighted by Gasteiger charge is -2.50. The van der Waals surface area contributed by atoms with Gasteiger partial charge in [-0.25, -0.2) is 14.4 Å². The number of morpholine rings is 1. The molecule has 15 nitrogen and oxygen atoms in total. The second kappa shape index (κ2) is 24.4. The fourth-order valence-corrected chi connectivity index (χ4v) is 11.7. The van der Waals surface area contributed by atoms with E-state index in [1.807, 2.05) is 102 Å². The average Bonchev–Trinajstić information content (AvgIpc) is 3.03. The molecule has 0 N–H and O–H groups in total. The summed E-state index contributed by atoms with van der Waals surface area (Å²) in [5.41, 5.74) is 1.24. The van der Waals surface area contributed by atoms with E-state index in [1.165, 1.54) is 13.0 Å². The zero-order valence-corrected chi connectivity index (χ0v) is 47.6. The zero-order valence-electron chi connectivity index (χ0n) is 46.9. The lowest BCUT2D eigenvalue weighted by atomic mass is 9.93. The molecule has 3 aromatic heterocycles. The Morgan fingerprint density at radius 2 is 1.34 bits per heavy atom. The van der Waals surface area contributed by atoms with Crippen molar-refractivity contribution in [1.82, 2.24) is 24.8 Å². The SMILES string of the molecule is COc1ccc(C[C@H](c2cccnc2N(C)Cc2ccc(OC)cc2)N2CCOc3c(Cl)c(-c4nc(N(Cc5ccc(OC)cc5)Cc5ccc(OC)cc5)cc(C)c4C(F)(F)F)c(F)c4nc(OC[C@@H]5C[C@H]6COCCN65)nc2c34)cc1. The van der Waals surface area contributed by atoms with E-state index in [9.17, 15) is 0 Å². The first-order valence-electron chi connectivity index (χ1n) is 27.3. The summed E-state index contributed by atoms with van der Waals surface area (Å²) >= 11 is 7.46. The number of hydrogen-bond donors (Lipinski definition) is 0. The number of benzene rings is 5. The van der Waals surface area contributed by atoms with Crippen LogP contribution in [-0.2, 0) is 37.0 Å². The number of nitrogens with zero attached hydrogens (tertiary/aromatic N) is 8.